The highest BCUT2D eigenvalue weighted by Crippen LogP contribution is 2.28. The Hall–Kier alpha value is -4.23. The van der Waals surface area contributed by atoms with Crippen LogP contribution in [-0.2, 0) is 0 Å². The molecular weight excluding hydrogens is 502 g/mol. The second-order valence-electron chi connectivity index (χ2n) is 9.02. The van der Waals surface area contributed by atoms with Crippen molar-refractivity contribution < 1.29 is 19.1 Å². The minimum atomic E-state index is -0.232. The van der Waals surface area contributed by atoms with Crippen molar-refractivity contribution in [3.8, 4) is 11.5 Å². The van der Waals surface area contributed by atoms with Crippen LogP contribution in [0.2, 0.25) is 5.02 Å². The number of carbonyl (C=O) groups excluding carboxylic acids is 2. The fourth-order valence-corrected chi connectivity index (χ4v) is 4.88. The van der Waals surface area contributed by atoms with Gasteiger partial charge in [-0.1, -0.05) is 35.9 Å². The second-order valence-corrected chi connectivity index (χ2v) is 9.46. The van der Waals surface area contributed by atoms with Crippen LogP contribution >= 0.6 is 11.6 Å². The summed E-state index contributed by atoms with van der Waals surface area (Å²) >= 11 is 6.11. The lowest BCUT2D eigenvalue weighted by Gasteiger charge is -2.36. The second kappa shape index (κ2) is 11.0. The molecule has 1 saturated heterocycles. The minimum Gasteiger partial charge on any atom is -0.496 e. The summed E-state index contributed by atoms with van der Waals surface area (Å²) in [7, 11) is 3.11. The predicted molar refractivity (Wildman–Crippen MR) is 151 cm³/mol. The molecule has 0 aromatic heterocycles. The molecule has 1 N–H and O–H groups in total. The topological polar surface area (TPSA) is 71.1 Å². The zero-order valence-electron chi connectivity index (χ0n) is 21.2. The Morgan fingerprint density at radius 1 is 0.763 bits per heavy atom. The van der Waals surface area contributed by atoms with Gasteiger partial charge in [0.25, 0.3) is 11.8 Å². The van der Waals surface area contributed by atoms with E-state index in [4.69, 9.17) is 21.1 Å². The Morgan fingerprint density at radius 3 is 2.08 bits per heavy atom. The highest BCUT2D eigenvalue weighted by molar-refractivity contribution is 6.31. The van der Waals surface area contributed by atoms with E-state index in [2.05, 4.69) is 10.2 Å². The molecule has 8 heteroatoms. The van der Waals surface area contributed by atoms with Gasteiger partial charge in [-0.25, -0.2) is 0 Å². The maximum atomic E-state index is 13.1. The number of benzene rings is 4. The smallest absolute Gasteiger partial charge is 0.259 e. The molecule has 4 aromatic carbocycles. The van der Waals surface area contributed by atoms with E-state index in [1.54, 1.807) is 32.4 Å². The molecule has 1 aliphatic rings. The maximum Gasteiger partial charge on any atom is 0.259 e. The lowest BCUT2D eigenvalue weighted by atomic mass is 10.1. The Labute approximate surface area is 226 Å². The van der Waals surface area contributed by atoms with Gasteiger partial charge < -0.3 is 24.6 Å². The van der Waals surface area contributed by atoms with Crippen molar-refractivity contribution in [3.63, 3.8) is 0 Å². The van der Waals surface area contributed by atoms with Crippen molar-refractivity contribution in [2.45, 2.75) is 0 Å². The van der Waals surface area contributed by atoms with Crippen molar-refractivity contribution >= 4 is 45.6 Å². The Kier molecular flexibility index (Phi) is 7.38. The number of ether oxygens (including phenoxy) is 2. The number of hydrogen-bond donors (Lipinski definition) is 1. The first-order valence-corrected chi connectivity index (χ1v) is 12.7. The van der Waals surface area contributed by atoms with Gasteiger partial charge in [-0.3, -0.25) is 9.59 Å². The molecule has 1 aliphatic heterocycles. The first-order valence-electron chi connectivity index (χ1n) is 12.3. The standard InChI is InChI=1S/C30H28ClN3O4/c1-37-27-12-7-22(31)19-26(27)30(36)34-15-13-33(14-16-34)24-10-8-23(9-11-24)32-29(35)25-17-20-5-3-4-6-21(20)18-28(25)38-2/h3-12,17-19H,13-16H2,1-2H3,(H,32,35). The van der Waals surface area contributed by atoms with Gasteiger partial charge in [-0.05, 0) is 65.4 Å². The maximum absolute atomic E-state index is 13.1. The van der Waals surface area contributed by atoms with E-state index in [-0.39, 0.29) is 11.8 Å². The van der Waals surface area contributed by atoms with Crippen molar-refractivity contribution in [1.29, 1.82) is 0 Å². The summed E-state index contributed by atoms with van der Waals surface area (Å²) in [4.78, 5) is 30.2. The number of methoxy groups -OCH3 is 2. The molecule has 0 bridgehead atoms. The third kappa shape index (κ3) is 5.24. The van der Waals surface area contributed by atoms with E-state index >= 15 is 0 Å². The molecule has 0 aliphatic carbocycles. The average molecular weight is 530 g/mol. The summed E-state index contributed by atoms with van der Waals surface area (Å²) in [5.41, 5.74) is 2.67. The van der Waals surface area contributed by atoms with Gasteiger partial charge in [-0.15, -0.1) is 0 Å². The van der Waals surface area contributed by atoms with Crippen molar-refractivity contribution in [2.24, 2.45) is 0 Å². The van der Waals surface area contributed by atoms with Crippen molar-refractivity contribution in [2.75, 3.05) is 50.6 Å². The third-order valence-corrected chi connectivity index (χ3v) is 7.00. The average Bonchev–Trinajstić information content (AvgIpc) is 2.96. The molecule has 38 heavy (non-hydrogen) atoms. The molecule has 7 nitrogen and oxygen atoms in total. The Morgan fingerprint density at radius 2 is 1.42 bits per heavy atom. The summed E-state index contributed by atoms with van der Waals surface area (Å²) in [5.74, 6) is 0.719. The summed E-state index contributed by atoms with van der Waals surface area (Å²) in [5, 5.41) is 5.45. The first-order chi connectivity index (χ1) is 18.5. The van der Waals surface area contributed by atoms with Gasteiger partial charge in [0.05, 0.1) is 25.3 Å². The summed E-state index contributed by atoms with van der Waals surface area (Å²) in [6.45, 7) is 2.53. The fourth-order valence-electron chi connectivity index (χ4n) is 4.71. The Balaban J connectivity index is 1.22. The number of nitrogens with zero attached hydrogens (tertiary/aromatic N) is 2. The van der Waals surface area contributed by atoms with E-state index in [0.29, 0.717) is 59.5 Å². The molecule has 0 radical (unpaired) electrons. The minimum absolute atomic E-state index is 0.0915. The van der Waals surface area contributed by atoms with E-state index < -0.39 is 0 Å². The highest BCUT2D eigenvalue weighted by atomic mass is 35.5. The van der Waals surface area contributed by atoms with Crippen LogP contribution in [0.3, 0.4) is 0 Å². The summed E-state index contributed by atoms with van der Waals surface area (Å²) < 4.78 is 10.8. The van der Waals surface area contributed by atoms with Gasteiger partial charge in [0, 0.05) is 42.6 Å². The van der Waals surface area contributed by atoms with E-state index in [1.807, 2.05) is 65.6 Å². The van der Waals surface area contributed by atoms with Crippen LogP contribution in [0.1, 0.15) is 20.7 Å². The number of piperazine rings is 1. The van der Waals surface area contributed by atoms with Crippen LogP contribution in [0.4, 0.5) is 11.4 Å². The van der Waals surface area contributed by atoms with Gasteiger partial charge in [-0.2, -0.15) is 0 Å². The molecule has 0 unspecified atom stereocenters. The van der Waals surface area contributed by atoms with E-state index in [9.17, 15) is 9.59 Å². The van der Waals surface area contributed by atoms with Crippen LogP contribution in [-0.4, -0.2) is 57.1 Å². The van der Waals surface area contributed by atoms with Crippen LogP contribution in [0.15, 0.2) is 78.9 Å². The molecule has 4 aromatic rings. The normalized spacial score (nSPS) is 13.3. The molecule has 194 valence electrons. The number of amides is 2. The van der Waals surface area contributed by atoms with Crippen LogP contribution < -0.4 is 19.7 Å². The number of anilines is 2. The number of nitrogens with one attached hydrogen (secondary N) is 1. The molecule has 1 heterocycles. The van der Waals surface area contributed by atoms with Gasteiger partial charge in [0.15, 0.2) is 0 Å². The zero-order chi connectivity index (χ0) is 26.6. The molecule has 0 atom stereocenters. The van der Waals surface area contributed by atoms with Gasteiger partial charge >= 0.3 is 0 Å². The summed E-state index contributed by atoms with van der Waals surface area (Å²) in [6, 6.07) is 24.4. The SMILES string of the molecule is COc1cc2ccccc2cc1C(=O)Nc1ccc(N2CCN(C(=O)c3cc(Cl)ccc3OC)CC2)cc1. The molecule has 1 fully saturated rings. The predicted octanol–water partition coefficient (Wildman–Crippen LogP) is 5.73. The lowest BCUT2D eigenvalue weighted by Crippen LogP contribution is -2.48. The van der Waals surface area contributed by atoms with E-state index in [0.717, 1.165) is 16.5 Å². The van der Waals surface area contributed by atoms with Crippen LogP contribution in [0.25, 0.3) is 10.8 Å². The van der Waals surface area contributed by atoms with Crippen molar-refractivity contribution in [1.82, 2.24) is 4.90 Å². The molecule has 2 amide bonds. The van der Waals surface area contributed by atoms with Crippen LogP contribution in [0, 0.1) is 0 Å². The number of fused-ring (bicyclic) bond motifs is 1. The monoisotopic (exact) mass is 529 g/mol. The third-order valence-electron chi connectivity index (χ3n) is 6.76. The number of rotatable bonds is 6. The number of halogens is 1. The van der Waals surface area contributed by atoms with Crippen LogP contribution in [0.5, 0.6) is 11.5 Å². The lowest BCUT2D eigenvalue weighted by molar-refractivity contribution is 0.0743. The molecule has 0 saturated carbocycles. The quantitative estimate of drug-likeness (QED) is 0.345. The van der Waals surface area contributed by atoms with E-state index in [1.165, 1.54) is 0 Å². The molecular formula is C30H28ClN3O4. The van der Waals surface area contributed by atoms with Crippen molar-refractivity contribution in [3.05, 3.63) is 95.0 Å². The highest BCUT2D eigenvalue weighted by Gasteiger charge is 2.25. The fraction of sp³-hybridized carbons (Fsp3) is 0.200. The Bertz CT molecular complexity index is 1480. The zero-order valence-corrected chi connectivity index (χ0v) is 22.0. The number of hydrogen-bond acceptors (Lipinski definition) is 5. The van der Waals surface area contributed by atoms with Gasteiger partial charge in [0.2, 0.25) is 0 Å². The number of carbonyl (C=O) groups is 2. The first kappa shape index (κ1) is 25.4. The largest absolute Gasteiger partial charge is 0.496 e. The van der Waals surface area contributed by atoms with Gasteiger partial charge in [0.1, 0.15) is 11.5 Å². The molecule has 0 spiro atoms. The summed E-state index contributed by atoms with van der Waals surface area (Å²) in [6.07, 6.45) is 0. The molecule has 5 rings (SSSR count).